The molecule has 0 unspecified atom stereocenters. The first-order chi connectivity index (χ1) is 14.9. The van der Waals surface area contributed by atoms with Gasteiger partial charge in [0.2, 0.25) is 5.91 Å². The molecule has 2 rings (SSSR count). The first-order valence-electron chi connectivity index (χ1n) is 9.59. The predicted octanol–water partition coefficient (Wildman–Crippen LogP) is 1.88. The van der Waals surface area contributed by atoms with Gasteiger partial charge in [-0.1, -0.05) is 18.2 Å². The molecule has 0 saturated carbocycles. The molecule has 0 fully saturated rings. The van der Waals surface area contributed by atoms with Crippen molar-refractivity contribution < 1.29 is 23.9 Å². The monoisotopic (exact) mass is 426 g/mol. The first-order valence-corrected chi connectivity index (χ1v) is 9.59. The third-order valence-corrected chi connectivity index (χ3v) is 4.19. The Hall–Kier alpha value is -3.88. The van der Waals surface area contributed by atoms with E-state index in [-0.39, 0.29) is 12.3 Å². The Morgan fingerprint density at radius 1 is 0.935 bits per heavy atom. The molecule has 9 nitrogen and oxygen atoms in total. The molecule has 3 amide bonds. The van der Waals surface area contributed by atoms with Crippen molar-refractivity contribution >= 4 is 29.1 Å². The smallest absolute Gasteiger partial charge is 0.329 e. The molecule has 0 heterocycles. The number of anilines is 1. The third-order valence-electron chi connectivity index (χ3n) is 4.19. The molecule has 0 bridgehead atoms. The molecule has 0 radical (unpaired) electrons. The fourth-order valence-corrected chi connectivity index (χ4v) is 2.56. The second kappa shape index (κ2) is 12.0. The topological polar surface area (TPSA) is 118 Å². The van der Waals surface area contributed by atoms with Gasteiger partial charge >= 0.3 is 11.8 Å². The summed E-state index contributed by atoms with van der Waals surface area (Å²) in [6, 6.07) is 14.2. The molecule has 9 heteroatoms. The van der Waals surface area contributed by atoms with Gasteiger partial charge in [-0.05, 0) is 43.2 Å². The molecule has 0 atom stereocenters. The van der Waals surface area contributed by atoms with Gasteiger partial charge in [-0.3, -0.25) is 14.4 Å². The van der Waals surface area contributed by atoms with Crippen LogP contribution in [-0.2, 0) is 20.8 Å². The molecule has 0 saturated heterocycles. The van der Waals surface area contributed by atoms with E-state index in [1.807, 2.05) is 24.3 Å². The summed E-state index contributed by atoms with van der Waals surface area (Å²) >= 11 is 0. The van der Waals surface area contributed by atoms with Gasteiger partial charge in [-0.15, -0.1) is 0 Å². The Balaban J connectivity index is 1.72. The highest BCUT2D eigenvalue weighted by Crippen LogP contribution is 2.16. The van der Waals surface area contributed by atoms with Crippen molar-refractivity contribution in [3.63, 3.8) is 0 Å². The lowest BCUT2D eigenvalue weighted by Crippen LogP contribution is -2.33. The molecule has 0 aliphatic carbocycles. The molecule has 31 heavy (non-hydrogen) atoms. The highest BCUT2D eigenvalue weighted by Gasteiger charge is 2.14. The lowest BCUT2D eigenvalue weighted by atomic mass is 10.1. The Morgan fingerprint density at radius 3 is 2.32 bits per heavy atom. The van der Waals surface area contributed by atoms with Crippen molar-refractivity contribution in [1.82, 2.24) is 10.7 Å². The Morgan fingerprint density at radius 2 is 1.65 bits per heavy atom. The number of carbonyl (C=O) groups is 3. The van der Waals surface area contributed by atoms with Crippen LogP contribution >= 0.6 is 0 Å². The van der Waals surface area contributed by atoms with E-state index in [0.29, 0.717) is 30.1 Å². The number of amides is 3. The lowest BCUT2D eigenvalue weighted by molar-refractivity contribution is -0.136. The summed E-state index contributed by atoms with van der Waals surface area (Å²) in [5.41, 5.74) is 3.99. The highest BCUT2D eigenvalue weighted by atomic mass is 16.5. The van der Waals surface area contributed by atoms with E-state index in [4.69, 9.17) is 9.47 Å². The number of rotatable bonds is 9. The average molecular weight is 426 g/mol. The minimum absolute atomic E-state index is 0.000393. The molecule has 0 spiro atoms. The van der Waals surface area contributed by atoms with Gasteiger partial charge in [0.15, 0.2) is 0 Å². The van der Waals surface area contributed by atoms with Crippen LogP contribution in [0.1, 0.15) is 18.9 Å². The van der Waals surface area contributed by atoms with Gasteiger partial charge in [0.1, 0.15) is 11.5 Å². The SMILES string of the molecule is COc1ccc(CCNC(=O)C/C(C)=N/NC(=O)C(=O)Nc2cccc(OC)c2)cc1. The van der Waals surface area contributed by atoms with Gasteiger partial charge in [0.05, 0.1) is 20.6 Å². The summed E-state index contributed by atoms with van der Waals surface area (Å²) in [6.07, 6.45) is 0.674. The van der Waals surface area contributed by atoms with Gasteiger partial charge < -0.3 is 20.1 Å². The van der Waals surface area contributed by atoms with Crippen molar-refractivity contribution in [2.24, 2.45) is 5.10 Å². The van der Waals surface area contributed by atoms with E-state index in [1.165, 1.54) is 7.11 Å². The van der Waals surface area contributed by atoms with Crippen molar-refractivity contribution in [3.8, 4) is 11.5 Å². The second-order valence-corrected chi connectivity index (χ2v) is 6.60. The van der Waals surface area contributed by atoms with Crippen LogP contribution in [0.4, 0.5) is 5.69 Å². The maximum atomic E-state index is 12.0. The molecule has 164 valence electrons. The number of nitrogens with one attached hydrogen (secondary N) is 3. The number of hydrazone groups is 1. The molecular formula is C22H26N4O5. The summed E-state index contributed by atoms with van der Waals surface area (Å²) < 4.78 is 10.2. The molecule has 0 aliphatic heterocycles. The predicted molar refractivity (Wildman–Crippen MR) is 117 cm³/mol. The maximum absolute atomic E-state index is 12.0. The zero-order chi connectivity index (χ0) is 22.6. The normalized spacial score (nSPS) is 10.7. The van der Waals surface area contributed by atoms with Gasteiger partial charge in [0.25, 0.3) is 0 Å². The van der Waals surface area contributed by atoms with Crippen LogP contribution in [0.3, 0.4) is 0 Å². The van der Waals surface area contributed by atoms with E-state index >= 15 is 0 Å². The Kier molecular flexibility index (Phi) is 9.03. The van der Waals surface area contributed by atoms with Crippen molar-refractivity contribution in [1.29, 1.82) is 0 Å². The summed E-state index contributed by atoms with van der Waals surface area (Å²) in [4.78, 5) is 35.8. The molecule has 0 aliphatic rings. The first kappa shape index (κ1) is 23.4. The van der Waals surface area contributed by atoms with Crippen LogP contribution in [0.5, 0.6) is 11.5 Å². The number of carbonyl (C=O) groups excluding carboxylic acids is 3. The van der Waals surface area contributed by atoms with Crippen LogP contribution in [0, 0.1) is 0 Å². The van der Waals surface area contributed by atoms with Crippen molar-refractivity contribution in [2.45, 2.75) is 19.8 Å². The van der Waals surface area contributed by atoms with Gasteiger partial charge in [-0.2, -0.15) is 5.10 Å². The molecule has 0 aromatic heterocycles. The van der Waals surface area contributed by atoms with E-state index < -0.39 is 11.8 Å². The van der Waals surface area contributed by atoms with E-state index in [0.717, 1.165) is 11.3 Å². The zero-order valence-corrected chi connectivity index (χ0v) is 17.7. The number of methoxy groups -OCH3 is 2. The van der Waals surface area contributed by atoms with Crippen LogP contribution in [-0.4, -0.2) is 44.2 Å². The van der Waals surface area contributed by atoms with Gasteiger partial charge in [0, 0.05) is 24.0 Å². The van der Waals surface area contributed by atoms with Crippen molar-refractivity contribution in [2.75, 3.05) is 26.1 Å². The van der Waals surface area contributed by atoms with Crippen LogP contribution < -0.4 is 25.5 Å². The van der Waals surface area contributed by atoms with E-state index in [1.54, 1.807) is 38.3 Å². The van der Waals surface area contributed by atoms with Crippen LogP contribution in [0.2, 0.25) is 0 Å². The second-order valence-electron chi connectivity index (χ2n) is 6.60. The van der Waals surface area contributed by atoms with Crippen LogP contribution in [0.25, 0.3) is 0 Å². The maximum Gasteiger partial charge on any atom is 0.329 e. The summed E-state index contributed by atoms with van der Waals surface area (Å²) in [5.74, 6) is -0.732. The Bertz CT molecular complexity index is 941. The van der Waals surface area contributed by atoms with Gasteiger partial charge in [-0.25, -0.2) is 5.43 Å². The number of benzene rings is 2. The fraction of sp³-hybridized carbons (Fsp3) is 0.273. The van der Waals surface area contributed by atoms with Crippen LogP contribution in [0.15, 0.2) is 53.6 Å². The number of nitrogens with zero attached hydrogens (tertiary/aromatic N) is 1. The minimum Gasteiger partial charge on any atom is -0.497 e. The largest absolute Gasteiger partial charge is 0.497 e. The fourth-order valence-electron chi connectivity index (χ4n) is 2.56. The van der Waals surface area contributed by atoms with E-state index in [9.17, 15) is 14.4 Å². The summed E-state index contributed by atoms with van der Waals surface area (Å²) in [6.45, 7) is 2.05. The molecule has 3 N–H and O–H groups in total. The number of ether oxygens (including phenoxy) is 2. The minimum atomic E-state index is -0.943. The Labute approximate surface area is 180 Å². The molecule has 2 aromatic carbocycles. The standard InChI is InChI=1S/C22H26N4O5/c1-15(13-20(27)23-12-11-16-7-9-18(30-2)10-8-16)25-26-22(29)21(28)24-17-5-4-6-19(14-17)31-3/h4-10,14H,11-13H2,1-3H3,(H,23,27)(H,24,28)(H,26,29)/b25-15+. The lowest BCUT2D eigenvalue weighted by Gasteiger charge is -2.07. The quantitative estimate of drug-likeness (QED) is 0.321. The number of hydrogen-bond donors (Lipinski definition) is 3. The summed E-state index contributed by atoms with van der Waals surface area (Å²) in [7, 11) is 3.11. The third kappa shape index (κ3) is 8.17. The zero-order valence-electron chi connectivity index (χ0n) is 17.7. The number of hydrogen-bond acceptors (Lipinski definition) is 6. The average Bonchev–Trinajstić information content (AvgIpc) is 2.78. The summed E-state index contributed by atoms with van der Waals surface area (Å²) in [5, 5.41) is 9.04. The van der Waals surface area contributed by atoms with E-state index in [2.05, 4.69) is 21.2 Å². The van der Waals surface area contributed by atoms with Crippen molar-refractivity contribution in [3.05, 3.63) is 54.1 Å². The molecular weight excluding hydrogens is 400 g/mol. The highest BCUT2D eigenvalue weighted by molar-refractivity contribution is 6.39. The molecule has 2 aromatic rings.